The first kappa shape index (κ1) is 9.96. The maximum Gasteiger partial charge on any atom is 0.192 e. The molecule has 1 saturated carbocycles. The summed E-state index contributed by atoms with van der Waals surface area (Å²) in [5.74, 6) is -1.94. The molecule has 0 radical (unpaired) electrons. The molecule has 3 nitrogen and oxygen atoms in total. The predicted octanol–water partition coefficient (Wildman–Crippen LogP) is 0.628. The Hall–Kier alpha value is -0.120. The summed E-state index contributed by atoms with van der Waals surface area (Å²) in [5, 5.41) is 29.0. The third kappa shape index (κ3) is 1.16. The van der Waals surface area contributed by atoms with E-state index in [2.05, 4.69) is 0 Å². The van der Waals surface area contributed by atoms with Gasteiger partial charge in [0.2, 0.25) is 0 Å². The largest absolute Gasteiger partial charge is 0.384 e. The van der Waals surface area contributed by atoms with Crippen molar-refractivity contribution in [3.05, 3.63) is 0 Å². The van der Waals surface area contributed by atoms with E-state index in [1.807, 2.05) is 13.8 Å². The molecule has 0 aliphatic heterocycles. The van der Waals surface area contributed by atoms with Crippen molar-refractivity contribution >= 4 is 0 Å². The van der Waals surface area contributed by atoms with Crippen LogP contribution >= 0.6 is 0 Å². The van der Waals surface area contributed by atoms with E-state index >= 15 is 0 Å². The van der Waals surface area contributed by atoms with E-state index in [9.17, 15) is 15.3 Å². The maximum atomic E-state index is 9.93. The number of hydrogen-bond donors (Lipinski definition) is 3. The fraction of sp³-hybridized carbons (Fsp3) is 1.00. The summed E-state index contributed by atoms with van der Waals surface area (Å²) in [6, 6.07) is 0. The lowest BCUT2D eigenvalue weighted by atomic mass is 9.63. The van der Waals surface area contributed by atoms with Crippen molar-refractivity contribution in [3.63, 3.8) is 0 Å². The summed E-state index contributed by atoms with van der Waals surface area (Å²) in [6.45, 7) is 5.20. The van der Waals surface area contributed by atoms with Crippen LogP contribution in [0.3, 0.4) is 0 Å². The Morgan fingerprint density at radius 2 is 1.42 bits per heavy atom. The van der Waals surface area contributed by atoms with Crippen LogP contribution in [0.4, 0.5) is 0 Å². The summed E-state index contributed by atoms with van der Waals surface area (Å²) < 4.78 is 0. The first-order valence-electron chi connectivity index (χ1n) is 4.38. The number of aliphatic hydroxyl groups is 3. The molecule has 1 atom stereocenters. The standard InChI is InChI=1S/C9H18O3/c1-7(2)5-4-6-9(11,12)8(7,3)10/h10-12H,4-6H2,1-3H3. The second-order valence-corrected chi connectivity index (χ2v) is 4.63. The molecule has 1 unspecified atom stereocenters. The van der Waals surface area contributed by atoms with Crippen LogP contribution in [-0.2, 0) is 0 Å². The van der Waals surface area contributed by atoms with Gasteiger partial charge in [-0.2, -0.15) is 0 Å². The fourth-order valence-corrected chi connectivity index (χ4v) is 1.81. The van der Waals surface area contributed by atoms with Crippen LogP contribution in [0, 0.1) is 5.41 Å². The third-order valence-corrected chi connectivity index (χ3v) is 3.42. The molecule has 0 bridgehead atoms. The molecule has 1 fully saturated rings. The van der Waals surface area contributed by atoms with Crippen molar-refractivity contribution in [1.29, 1.82) is 0 Å². The van der Waals surface area contributed by atoms with Crippen LogP contribution in [-0.4, -0.2) is 26.7 Å². The van der Waals surface area contributed by atoms with Crippen molar-refractivity contribution in [2.75, 3.05) is 0 Å². The molecule has 0 aromatic heterocycles. The molecule has 72 valence electrons. The highest BCUT2D eigenvalue weighted by atomic mass is 16.5. The lowest BCUT2D eigenvalue weighted by Crippen LogP contribution is -2.62. The minimum absolute atomic E-state index is 0.253. The predicted molar refractivity (Wildman–Crippen MR) is 45.4 cm³/mol. The molecule has 12 heavy (non-hydrogen) atoms. The molecular weight excluding hydrogens is 156 g/mol. The van der Waals surface area contributed by atoms with Gasteiger partial charge in [-0.05, 0) is 25.2 Å². The van der Waals surface area contributed by atoms with Gasteiger partial charge in [0.25, 0.3) is 0 Å². The van der Waals surface area contributed by atoms with Crippen molar-refractivity contribution in [2.45, 2.75) is 51.4 Å². The smallest absolute Gasteiger partial charge is 0.192 e. The highest BCUT2D eigenvalue weighted by Gasteiger charge is 2.56. The molecular formula is C9H18O3. The average molecular weight is 174 g/mol. The van der Waals surface area contributed by atoms with E-state index in [1.165, 1.54) is 6.92 Å². The summed E-state index contributed by atoms with van der Waals surface area (Å²) in [4.78, 5) is 0. The van der Waals surface area contributed by atoms with E-state index in [1.54, 1.807) is 0 Å². The van der Waals surface area contributed by atoms with Crippen LogP contribution in [0.1, 0.15) is 40.0 Å². The second-order valence-electron chi connectivity index (χ2n) is 4.63. The topological polar surface area (TPSA) is 60.7 Å². The van der Waals surface area contributed by atoms with Crippen LogP contribution < -0.4 is 0 Å². The fourth-order valence-electron chi connectivity index (χ4n) is 1.81. The normalized spacial score (nSPS) is 39.5. The minimum Gasteiger partial charge on any atom is -0.384 e. The van der Waals surface area contributed by atoms with Crippen LogP contribution in [0.2, 0.25) is 0 Å². The quantitative estimate of drug-likeness (QED) is 0.472. The number of hydrogen-bond acceptors (Lipinski definition) is 3. The molecule has 0 aromatic rings. The van der Waals surface area contributed by atoms with Gasteiger partial charge < -0.3 is 15.3 Å². The van der Waals surface area contributed by atoms with Gasteiger partial charge in [-0.3, -0.25) is 0 Å². The van der Waals surface area contributed by atoms with E-state index in [0.29, 0.717) is 0 Å². The van der Waals surface area contributed by atoms with Crippen molar-refractivity contribution in [1.82, 2.24) is 0 Å². The SMILES string of the molecule is CC1(C)CCCC(O)(O)C1(C)O. The molecule has 1 rings (SSSR count). The zero-order valence-electron chi connectivity index (χ0n) is 7.96. The Kier molecular flexibility index (Phi) is 2.02. The molecule has 3 heteroatoms. The summed E-state index contributed by atoms with van der Waals surface area (Å²) in [7, 11) is 0. The van der Waals surface area contributed by atoms with Gasteiger partial charge in [0.15, 0.2) is 5.79 Å². The van der Waals surface area contributed by atoms with Crippen LogP contribution in [0.15, 0.2) is 0 Å². The van der Waals surface area contributed by atoms with Crippen LogP contribution in [0.25, 0.3) is 0 Å². The molecule has 0 heterocycles. The maximum absolute atomic E-state index is 9.93. The highest BCUT2D eigenvalue weighted by Crippen LogP contribution is 2.47. The van der Waals surface area contributed by atoms with Gasteiger partial charge in [-0.15, -0.1) is 0 Å². The van der Waals surface area contributed by atoms with Gasteiger partial charge in [-0.25, -0.2) is 0 Å². The average Bonchev–Trinajstić information content (AvgIpc) is 1.83. The lowest BCUT2D eigenvalue weighted by Gasteiger charge is -2.51. The Bertz CT molecular complexity index is 164. The second kappa shape index (κ2) is 2.44. The van der Waals surface area contributed by atoms with Crippen molar-refractivity contribution in [2.24, 2.45) is 5.41 Å². The van der Waals surface area contributed by atoms with Gasteiger partial charge in [-0.1, -0.05) is 13.8 Å². The Balaban J connectivity index is 2.99. The van der Waals surface area contributed by atoms with Gasteiger partial charge >= 0.3 is 0 Å². The molecule has 0 spiro atoms. The van der Waals surface area contributed by atoms with Crippen LogP contribution in [0.5, 0.6) is 0 Å². The van der Waals surface area contributed by atoms with E-state index in [-0.39, 0.29) is 6.42 Å². The molecule has 0 amide bonds. The third-order valence-electron chi connectivity index (χ3n) is 3.42. The zero-order chi connectivity index (χ0) is 9.62. The van der Waals surface area contributed by atoms with E-state index in [0.717, 1.165) is 12.8 Å². The first-order chi connectivity index (χ1) is 5.21. The summed E-state index contributed by atoms with van der Waals surface area (Å²) in [6.07, 6.45) is 1.82. The Morgan fingerprint density at radius 3 is 1.75 bits per heavy atom. The molecule has 0 saturated heterocycles. The Labute approximate surface area is 73.0 Å². The Morgan fingerprint density at radius 1 is 0.917 bits per heavy atom. The van der Waals surface area contributed by atoms with Gasteiger partial charge in [0, 0.05) is 6.42 Å². The molecule has 0 aromatic carbocycles. The molecule has 3 N–H and O–H groups in total. The molecule has 1 aliphatic carbocycles. The van der Waals surface area contributed by atoms with Gasteiger partial charge in [0.1, 0.15) is 5.60 Å². The lowest BCUT2D eigenvalue weighted by molar-refractivity contribution is -0.319. The summed E-state index contributed by atoms with van der Waals surface area (Å²) >= 11 is 0. The van der Waals surface area contributed by atoms with E-state index in [4.69, 9.17) is 0 Å². The summed E-state index contributed by atoms with van der Waals surface area (Å²) in [5.41, 5.74) is -1.85. The van der Waals surface area contributed by atoms with Gasteiger partial charge in [0.05, 0.1) is 0 Å². The number of rotatable bonds is 0. The highest BCUT2D eigenvalue weighted by molar-refractivity contribution is 5.02. The van der Waals surface area contributed by atoms with E-state index < -0.39 is 16.8 Å². The minimum atomic E-state index is -1.94. The zero-order valence-corrected chi connectivity index (χ0v) is 7.96. The van der Waals surface area contributed by atoms with Crippen molar-refractivity contribution in [3.8, 4) is 0 Å². The monoisotopic (exact) mass is 174 g/mol. The van der Waals surface area contributed by atoms with Crippen molar-refractivity contribution < 1.29 is 15.3 Å². The molecule has 1 aliphatic rings. The first-order valence-corrected chi connectivity index (χ1v) is 4.38.